The quantitative estimate of drug-likeness (QED) is 0.446. The fourth-order valence-corrected chi connectivity index (χ4v) is 2.46. The third-order valence-corrected chi connectivity index (χ3v) is 3.91. The fraction of sp³-hybridized carbons (Fsp3) is 0.333. The van der Waals surface area contributed by atoms with Crippen molar-refractivity contribution in [3.8, 4) is 6.07 Å². The molecule has 0 amide bonds. The molecule has 1 N–H and O–H groups in total. The van der Waals surface area contributed by atoms with Gasteiger partial charge in [-0.25, -0.2) is 0 Å². The van der Waals surface area contributed by atoms with Crippen molar-refractivity contribution < 1.29 is 14.3 Å². The maximum absolute atomic E-state index is 11.6. The number of hydrogen-bond acceptors (Lipinski definition) is 6. The minimum atomic E-state index is -1.14. The highest BCUT2D eigenvalue weighted by molar-refractivity contribution is 7.99. The lowest BCUT2D eigenvalue weighted by Crippen LogP contribution is -2.25. The van der Waals surface area contributed by atoms with Gasteiger partial charge in [0, 0.05) is 21.4 Å². The largest absolute Gasteiger partial charge is 0.458 e. The van der Waals surface area contributed by atoms with Gasteiger partial charge in [-0.15, -0.1) is 11.8 Å². The van der Waals surface area contributed by atoms with Crippen LogP contribution in [-0.2, 0) is 14.3 Å². The van der Waals surface area contributed by atoms with Gasteiger partial charge in [-0.1, -0.05) is 11.6 Å². The van der Waals surface area contributed by atoms with Crippen LogP contribution >= 0.6 is 23.4 Å². The number of rotatable bonds is 8. The van der Waals surface area contributed by atoms with Crippen LogP contribution in [0, 0.1) is 22.7 Å². The van der Waals surface area contributed by atoms with E-state index in [1.807, 2.05) is 12.1 Å². The van der Waals surface area contributed by atoms with Gasteiger partial charge in [-0.3, -0.25) is 9.59 Å². The van der Waals surface area contributed by atoms with E-state index in [1.165, 1.54) is 18.7 Å². The molecule has 1 aromatic carbocycles. The molecule has 0 aliphatic heterocycles. The first-order chi connectivity index (χ1) is 10.4. The van der Waals surface area contributed by atoms with Crippen LogP contribution in [0.4, 0.5) is 0 Å². The lowest BCUT2D eigenvalue weighted by atomic mass is 10.0. The van der Waals surface area contributed by atoms with E-state index in [1.54, 1.807) is 18.2 Å². The van der Waals surface area contributed by atoms with Crippen LogP contribution in [0.25, 0.3) is 0 Å². The Morgan fingerprint density at radius 1 is 1.41 bits per heavy atom. The summed E-state index contributed by atoms with van der Waals surface area (Å²) in [6.07, 6.45) is 0.154. The smallest absolute Gasteiger partial charge is 0.307 e. The average molecular weight is 339 g/mol. The van der Waals surface area contributed by atoms with Crippen molar-refractivity contribution in [2.24, 2.45) is 5.92 Å². The second-order valence-corrected chi connectivity index (χ2v) is 6.03. The van der Waals surface area contributed by atoms with E-state index >= 15 is 0 Å². The SMILES string of the molecule is CC(=N)C(C#N)C(=O)COC(=O)CCSc1ccc(Cl)cc1. The normalized spacial score (nSPS) is 11.3. The summed E-state index contributed by atoms with van der Waals surface area (Å²) in [4.78, 5) is 24.1. The third kappa shape index (κ3) is 6.29. The summed E-state index contributed by atoms with van der Waals surface area (Å²) in [6.45, 7) is 0.898. The van der Waals surface area contributed by atoms with Gasteiger partial charge < -0.3 is 10.1 Å². The molecule has 116 valence electrons. The third-order valence-electron chi connectivity index (χ3n) is 2.65. The average Bonchev–Trinajstić information content (AvgIpc) is 2.47. The van der Waals surface area contributed by atoms with Crippen LogP contribution in [0.5, 0.6) is 0 Å². The lowest BCUT2D eigenvalue weighted by molar-refractivity contribution is -0.147. The minimum Gasteiger partial charge on any atom is -0.458 e. The van der Waals surface area contributed by atoms with Crippen molar-refractivity contribution >= 4 is 40.8 Å². The second-order valence-electron chi connectivity index (χ2n) is 4.42. The van der Waals surface area contributed by atoms with Crippen LogP contribution in [0.15, 0.2) is 29.2 Å². The number of nitrogens with zero attached hydrogens (tertiary/aromatic N) is 1. The first kappa shape index (κ1) is 18.2. The number of halogens is 1. The first-order valence-corrected chi connectivity index (χ1v) is 7.81. The molecule has 0 aromatic heterocycles. The van der Waals surface area contributed by atoms with Crippen LogP contribution in [0.3, 0.4) is 0 Å². The van der Waals surface area contributed by atoms with Crippen molar-refractivity contribution in [3.63, 3.8) is 0 Å². The van der Waals surface area contributed by atoms with Gasteiger partial charge in [0.2, 0.25) is 0 Å². The predicted octanol–water partition coefficient (Wildman–Crippen LogP) is 3.11. The highest BCUT2D eigenvalue weighted by atomic mass is 35.5. The molecular formula is C15H15ClN2O3S. The van der Waals surface area contributed by atoms with Crippen LogP contribution < -0.4 is 0 Å². The van der Waals surface area contributed by atoms with Crippen molar-refractivity contribution in [2.45, 2.75) is 18.2 Å². The molecule has 5 nitrogen and oxygen atoms in total. The number of esters is 1. The molecule has 0 saturated heterocycles. The van der Waals surface area contributed by atoms with Crippen molar-refractivity contribution in [2.75, 3.05) is 12.4 Å². The van der Waals surface area contributed by atoms with Gasteiger partial charge in [0.25, 0.3) is 0 Å². The molecule has 0 bridgehead atoms. The summed E-state index contributed by atoms with van der Waals surface area (Å²) in [5, 5.41) is 16.7. The molecule has 1 atom stereocenters. The van der Waals surface area contributed by atoms with E-state index in [9.17, 15) is 9.59 Å². The highest BCUT2D eigenvalue weighted by Gasteiger charge is 2.21. The first-order valence-electron chi connectivity index (χ1n) is 6.45. The van der Waals surface area contributed by atoms with Gasteiger partial charge in [-0.2, -0.15) is 5.26 Å². The van der Waals surface area contributed by atoms with Crippen molar-refractivity contribution in [3.05, 3.63) is 29.3 Å². The Labute approximate surface area is 138 Å². The fourth-order valence-electron chi connectivity index (χ4n) is 1.50. The molecule has 1 rings (SSSR count). The summed E-state index contributed by atoms with van der Waals surface area (Å²) in [6, 6.07) is 8.95. The Morgan fingerprint density at radius 2 is 2.05 bits per heavy atom. The Hall–Kier alpha value is -1.84. The van der Waals surface area contributed by atoms with Crippen molar-refractivity contribution in [1.29, 1.82) is 10.7 Å². The maximum atomic E-state index is 11.6. The highest BCUT2D eigenvalue weighted by Crippen LogP contribution is 2.21. The van der Waals surface area contributed by atoms with Gasteiger partial charge in [-0.05, 0) is 31.2 Å². The van der Waals surface area contributed by atoms with E-state index in [0.29, 0.717) is 10.8 Å². The van der Waals surface area contributed by atoms with Gasteiger partial charge in [0.05, 0.1) is 12.5 Å². The molecule has 7 heteroatoms. The number of carbonyl (C=O) groups excluding carboxylic acids is 2. The zero-order valence-electron chi connectivity index (χ0n) is 12.0. The number of Topliss-reactive ketones (excluding diaryl/α,β-unsaturated/α-hetero) is 1. The van der Waals surface area contributed by atoms with Gasteiger partial charge in [0.1, 0.15) is 5.92 Å². The molecule has 22 heavy (non-hydrogen) atoms. The summed E-state index contributed by atoms with van der Waals surface area (Å²) < 4.78 is 4.82. The Bertz CT molecular complexity index is 596. The second kappa shape index (κ2) is 9.23. The number of thioether (sulfide) groups is 1. The molecule has 0 heterocycles. The molecule has 0 saturated carbocycles. The summed E-state index contributed by atoms with van der Waals surface area (Å²) in [5.41, 5.74) is -0.0538. The number of ether oxygens (including phenoxy) is 1. The van der Waals surface area contributed by atoms with Crippen LogP contribution in [0.1, 0.15) is 13.3 Å². The van der Waals surface area contributed by atoms with Gasteiger partial charge >= 0.3 is 5.97 Å². The summed E-state index contributed by atoms with van der Waals surface area (Å²) >= 11 is 7.25. The van der Waals surface area contributed by atoms with E-state index in [4.69, 9.17) is 27.0 Å². The topological polar surface area (TPSA) is 91.0 Å². The number of benzene rings is 1. The number of ketones is 1. The van der Waals surface area contributed by atoms with Crippen LogP contribution in [-0.4, -0.2) is 29.8 Å². The van der Waals surface area contributed by atoms with Crippen molar-refractivity contribution in [1.82, 2.24) is 0 Å². The van der Waals surface area contributed by atoms with Crippen LogP contribution in [0.2, 0.25) is 5.02 Å². The monoisotopic (exact) mass is 338 g/mol. The zero-order valence-corrected chi connectivity index (χ0v) is 13.5. The molecule has 0 fully saturated rings. The molecule has 1 aromatic rings. The summed E-state index contributed by atoms with van der Waals surface area (Å²) in [7, 11) is 0. The molecule has 0 aliphatic carbocycles. The molecular weight excluding hydrogens is 324 g/mol. The Morgan fingerprint density at radius 3 is 2.59 bits per heavy atom. The number of hydrogen-bond donors (Lipinski definition) is 1. The Kier molecular flexibility index (Phi) is 7.64. The number of nitrogens with one attached hydrogen (secondary N) is 1. The van der Waals surface area contributed by atoms with E-state index in [2.05, 4.69) is 0 Å². The molecule has 0 aliphatic rings. The van der Waals surface area contributed by atoms with Gasteiger partial charge in [0.15, 0.2) is 12.4 Å². The standard InChI is InChI=1S/C15H15ClN2O3S/c1-10(18)13(8-17)14(19)9-21-15(20)6-7-22-12-4-2-11(16)3-5-12/h2-5,13,18H,6-7,9H2,1H3. The molecule has 0 spiro atoms. The maximum Gasteiger partial charge on any atom is 0.307 e. The number of nitriles is 1. The molecule has 1 unspecified atom stereocenters. The Balaban J connectivity index is 2.29. The lowest BCUT2D eigenvalue weighted by Gasteiger charge is -2.07. The molecule has 0 radical (unpaired) electrons. The predicted molar refractivity (Wildman–Crippen MR) is 85.3 cm³/mol. The van der Waals surface area contributed by atoms with E-state index < -0.39 is 24.3 Å². The van der Waals surface area contributed by atoms with E-state index in [-0.39, 0.29) is 12.1 Å². The van der Waals surface area contributed by atoms with E-state index in [0.717, 1.165) is 4.90 Å². The minimum absolute atomic E-state index is 0.0538. The summed E-state index contributed by atoms with van der Waals surface area (Å²) in [5.74, 6) is -1.71. The number of carbonyl (C=O) groups is 2. The zero-order chi connectivity index (χ0) is 16.5.